The van der Waals surface area contributed by atoms with E-state index in [1.54, 1.807) is 16.9 Å². The maximum Gasteiger partial charge on any atom is 0.230 e. The Balaban J connectivity index is 1.63. The normalized spacial score (nSPS) is 16.4. The van der Waals surface area contributed by atoms with Crippen molar-refractivity contribution in [3.63, 3.8) is 0 Å². The predicted molar refractivity (Wildman–Crippen MR) is 129 cm³/mol. The Labute approximate surface area is 195 Å². The van der Waals surface area contributed by atoms with Crippen LogP contribution in [0, 0.1) is 5.92 Å². The van der Waals surface area contributed by atoms with Crippen molar-refractivity contribution in [1.29, 1.82) is 0 Å². The van der Waals surface area contributed by atoms with Crippen molar-refractivity contribution in [1.82, 2.24) is 29.6 Å². The molecule has 3 aromatic heterocycles. The Bertz CT molecular complexity index is 1370. The fourth-order valence-electron chi connectivity index (χ4n) is 4.11. The second-order valence-electron chi connectivity index (χ2n) is 8.30. The molecule has 1 unspecified atom stereocenters. The van der Waals surface area contributed by atoms with Crippen LogP contribution >= 0.6 is 11.6 Å². The number of fused-ring (bicyclic) bond motifs is 1. The van der Waals surface area contributed by atoms with E-state index >= 15 is 0 Å². The number of halogens is 1. The van der Waals surface area contributed by atoms with Crippen LogP contribution in [-0.2, 0) is 11.8 Å². The van der Waals surface area contributed by atoms with E-state index in [1.807, 2.05) is 44.6 Å². The fraction of sp³-hybridized carbons (Fsp3) is 0.261. The van der Waals surface area contributed by atoms with Crippen molar-refractivity contribution < 1.29 is 4.79 Å². The molecule has 1 fully saturated rings. The molecule has 10 heteroatoms. The molecule has 33 heavy (non-hydrogen) atoms. The number of hydrogen-bond donors (Lipinski definition) is 2. The van der Waals surface area contributed by atoms with Crippen molar-refractivity contribution in [2.75, 3.05) is 31.2 Å². The molecule has 0 radical (unpaired) electrons. The van der Waals surface area contributed by atoms with Gasteiger partial charge in [0.1, 0.15) is 17.1 Å². The lowest BCUT2D eigenvalue weighted by Crippen LogP contribution is -2.26. The van der Waals surface area contributed by atoms with Gasteiger partial charge in [-0.25, -0.2) is 9.97 Å². The van der Waals surface area contributed by atoms with Gasteiger partial charge >= 0.3 is 0 Å². The summed E-state index contributed by atoms with van der Waals surface area (Å²) >= 11 is 6.54. The first-order valence-electron chi connectivity index (χ1n) is 10.6. The van der Waals surface area contributed by atoms with E-state index in [0.717, 1.165) is 23.9 Å². The van der Waals surface area contributed by atoms with E-state index in [1.165, 1.54) is 0 Å². The number of nitrogens with one attached hydrogen (secondary N) is 1. The third-order valence-corrected chi connectivity index (χ3v) is 6.10. The molecular weight excluding hydrogens is 440 g/mol. The number of hydrogen-bond acceptors (Lipinski definition) is 7. The van der Waals surface area contributed by atoms with Gasteiger partial charge in [0.2, 0.25) is 5.91 Å². The van der Waals surface area contributed by atoms with Gasteiger partial charge in [0.05, 0.1) is 16.5 Å². The van der Waals surface area contributed by atoms with Gasteiger partial charge in [0.15, 0.2) is 11.6 Å². The molecule has 1 aliphatic heterocycles. The highest BCUT2D eigenvalue weighted by Gasteiger charge is 2.27. The molecule has 5 rings (SSSR count). The quantitative estimate of drug-likeness (QED) is 0.478. The lowest BCUT2D eigenvalue weighted by molar-refractivity contribution is -0.119. The van der Waals surface area contributed by atoms with Crippen LogP contribution < -0.4 is 11.1 Å². The summed E-state index contributed by atoms with van der Waals surface area (Å²) in [6.07, 6.45) is 4.31. The first-order valence-corrected chi connectivity index (χ1v) is 11.0. The lowest BCUT2D eigenvalue weighted by Gasteiger charge is -2.15. The van der Waals surface area contributed by atoms with Crippen LogP contribution in [0.4, 0.5) is 11.6 Å². The van der Waals surface area contributed by atoms with Crippen LogP contribution in [0.3, 0.4) is 0 Å². The summed E-state index contributed by atoms with van der Waals surface area (Å²) < 4.78 is 1.68. The number of benzene rings is 1. The van der Waals surface area contributed by atoms with Gasteiger partial charge in [-0.2, -0.15) is 5.10 Å². The molecule has 9 nitrogen and oxygen atoms in total. The number of amides is 1. The van der Waals surface area contributed by atoms with E-state index in [2.05, 4.69) is 25.3 Å². The molecule has 168 valence electrons. The zero-order chi connectivity index (χ0) is 23.1. The number of nitrogens with two attached hydrogens (primary N) is 1. The second-order valence-corrected chi connectivity index (χ2v) is 8.71. The van der Waals surface area contributed by atoms with Crippen molar-refractivity contribution in [3.05, 3.63) is 47.7 Å². The minimum Gasteiger partial charge on any atom is -0.381 e. The summed E-state index contributed by atoms with van der Waals surface area (Å²) in [5, 5.41) is 8.72. The Morgan fingerprint density at radius 3 is 2.79 bits per heavy atom. The van der Waals surface area contributed by atoms with Gasteiger partial charge in [0.25, 0.3) is 0 Å². The summed E-state index contributed by atoms with van der Waals surface area (Å²) in [5.74, 6) is 0.133. The van der Waals surface area contributed by atoms with Crippen LogP contribution in [-0.4, -0.2) is 55.7 Å². The molecule has 4 heterocycles. The van der Waals surface area contributed by atoms with Crippen LogP contribution in [0.25, 0.3) is 33.5 Å². The van der Waals surface area contributed by atoms with Crippen molar-refractivity contribution >= 4 is 40.0 Å². The maximum absolute atomic E-state index is 12.8. The third kappa shape index (κ3) is 4.12. The summed E-state index contributed by atoms with van der Waals surface area (Å²) in [6, 6.07) is 9.35. The zero-order valence-corrected chi connectivity index (χ0v) is 19.0. The zero-order valence-electron chi connectivity index (χ0n) is 18.3. The van der Waals surface area contributed by atoms with E-state index < -0.39 is 0 Å². The number of nitrogen functional groups attached to an aromatic ring is 1. The van der Waals surface area contributed by atoms with Crippen molar-refractivity contribution in [2.24, 2.45) is 13.0 Å². The van der Waals surface area contributed by atoms with Crippen LogP contribution in [0.1, 0.15) is 6.42 Å². The van der Waals surface area contributed by atoms with Gasteiger partial charge in [-0.1, -0.05) is 17.7 Å². The van der Waals surface area contributed by atoms with Crippen molar-refractivity contribution in [3.8, 4) is 22.6 Å². The highest BCUT2D eigenvalue weighted by Crippen LogP contribution is 2.35. The fourth-order valence-corrected chi connectivity index (χ4v) is 4.39. The SMILES string of the molecule is CN1CCC(C(=O)Nc2nc(-c3cc(Cl)c4ncccc4c3)c(-c3ccn(C)n3)nc2N)C1. The number of aromatic nitrogens is 5. The minimum absolute atomic E-state index is 0.113. The van der Waals surface area contributed by atoms with Gasteiger partial charge < -0.3 is 16.0 Å². The average Bonchev–Trinajstić information content (AvgIpc) is 3.43. The first-order chi connectivity index (χ1) is 15.9. The first kappa shape index (κ1) is 21.3. The van der Waals surface area contributed by atoms with Gasteiger partial charge in [-0.3, -0.25) is 14.5 Å². The Morgan fingerprint density at radius 2 is 2.06 bits per heavy atom. The van der Waals surface area contributed by atoms with Gasteiger partial charge in [-0.05, 0) is 44.3 Å². The van der Waals surface area contributed by atoms with Crippen LogP contribution in [0.2, 0.25) is 5.02 Å². The monoisotopic (exact) mass is 462 g/mol. The van der Waals surface area contributed by atoms with E-state index in [9.17, 15) is 4.79 Å². The molecule has 1 aliphatic rings. The molecule has 1 saturated heterocycles. The van der Waals surface area contributed by atoms with E-state index in [0.29, 0.717) is 34.2 Å². The Morgan fingerprint density at radius 1 is 1.21 bits per heavy atom. The molecule has 3 N–H and O–H groups in total. The number of carbonyl (C=O) groups excluding carboxylic acids is 1. The standard InChI is InChI=1S/C23H23ClN8O/c1-31-8-5-14(12-31)23(33)29-22-21(25)27-20(17-6-9-32(2)30-17)19(28-22)15-10-13-4-3-7-26-18(13)16(24)11-15/h3-4,6-7,9-11,14H,5,8,12H2,1-2H3,(H2,25,27)(H,28,29,33). The van der Waals surface area contributed by atoms with Crippen molar-refractivity contribution in [2.45, 2.75) is 6.42 Å². The summed E-state index contributed by atoms with van der Waals surface area (Å²) in [4.78, 5) is 28.7. The summed E-state index contributed by atoms with van der Waals surface area (Å²) in [5.41, 5.74) is 9.31. The maximum atomic E-state index is 12.8. The molecule has 1 amide bonds. The third-order valence-electron chi connectivity index (χ3n) is 5.81. The number of pyridine rings is 1. The van der Waals surface area contributed by atoms with E-state index in [-0.39, 0.29) is 23.5 Å². The topological polar surface area (TPSA) is 115 Å². The summed E-state index contributed by atoms with van der Waals surface area (Å²) in [7, 11) is 3.82. The number of aryl methyl sites for hydroxylation is 1. The molecule has 0 saturated carbocycles. The molecule has 1 atom stereocenters. The molecule has 1 aromatic carbocycles. The van der Waals surface area contributed by atoms with Crippen LogP contribution in [0.15, 0.2) is 42.7 Å². The Kier molecular flexibility index (Phi) is 5.43. The van der Waals surface area contributed by atoms with Crippen LogP contribution in [0.5, 0.6) is 0 Å². The summed E-state index contributed by atoms with van der Waals surface area (Å²) in [6.45, 7) is 1.58. The van der Waals surface area contributed by atoms with Gasteiger partial charge in [0, 0.05) is 36.9 Å². The number of likely N-dealkylation sites (tertiary alicyclic amines) is 1. The average molecular weight is 463 g/mol. The molecular formula is C23H23ClN8O. The molecule has 4 aromatic rings. The number of nitrogens with zero attached hydrogens (tertiary/aromatic N) is 6. The number of carbonyl (C=O) groups is 1. The number of rotatable bonds is 4. The second kappa shape index (κ2) is 8.42. The highest BCUT2D eigenvalue weighted by atomic mass is 35.5. The lowest BCUT2D eigenvalue weighted by atomic mass is 10.0. The largest absolute Gasteiger partial charge is 0.381 e. The van der Waals surface area contributed by atoms with Gasteiger partial charge in [-0.15, -0.1) is 0 Å². The molecule has 0 bridgehead atoms. The minimum atomic E-state index is -0.115. The van der Waals surface area contributed by atoms with E-state index in [4.69, 9.17) is 22.3 Å². The Hall–Kier alpha value is -3.56. The predicted octanol–water partition coefficient (Wildman–Crippen LogP) is 3.22. The number of anilines is 2. The highest BCUT2D eigenvalue weighted by molar-refractivity contribution is 6.35. The molecule has 0 spiro atoms. The smallest absolute Gasteiger partial charge is 0.230 e. The molecule has 0 aliphatic carbocycles.